The molecule has 0 radical (unpaired) electrons. The molecule has 3 heterocycles. The van der Waals surface area contributed by atoms with Crippen molar-refractivity contribution in [3.05, 3.63) is 188 Å². The molecule has 0 aliphatic carbocycles. The van der Waals surface area contributed by atoms with Crippen molar-refractivity contribution in [3.63, 3.8) is 0 Å². The second kappa shape index (κ2) is 13.3. The van der Waals surface area contributed by atoms with E-state index in [9.17, 15) is 0 Å². The molecule has 56 heavy (non-hydrogen) atoms. The van der Waals surface area contributed by atoms with Crippen LogP contribution in [-0.2, 0) is 0 Å². The first-order chi connectivity index (χ1) is 27.8. The summed E-state index contributed by atoms with van der Waals surface area (Å²) in [5, 5.41) is 4.41. The summed E-state index contributed by atoms with van der Waals surface area (Å²) in [6.07, 6.45) is 0. The van der Waals surface area contributed by atoms with E-state index in [2.05, 4.69) is 133 Å². The Bertz CT molecular complexity index is 3260. The molecule has 0 saturated heterocycles. The second-order valence-electron chi connectivity index (χ2n) is 13.9. The van der Waals surface area contributed by atoms with E-state index in [1.165, 1.54) is 42.6 Å². The van der Waals surface area contributed by atoms with Crippen LogP contribution < -0.4 is 0 Å². The number of nitrogens with zero attached hydrogens (tertiary/aromatic N) is 3. The van der Waals surface area contributed by atoms with E-state index >= 15 is 0 Å². The van der Waals surface area contributed by atoms with E-state index in [-0.39, 0.29) is 0 Å². The van der Waals surface area contributed by atoms with Gasteiger partial charge in [0, 0.05) is 42.1 Å². The van der Waals surface area contributed by atoms with Crippen molar-refractivity contribution in [2.75, 3.05) is 0 Å². The fraction of sp³-hybridized carbons (Fsp3) is 0. The highest BCUT2D eigenvalue weighted by Gasteiger charge is 2.21. The highest BCUT2D eigenvalue weighted by Crippen LogP contribution is 2.44. The predicted octanol–water partition coefficient (Wildman–Crippen LogP) is 14.1. The topological polar surface area (TPSA) is 51.8 Å². The van der Waals surface area contributed by atoms with Gasteiger partial charge in [0.05, 0.1) is 5.56 Å². The SMILES string of the molecule is c1ccc(-c2nc(-c3cccc4c3oc3ccccc34)nc(-c3cccc4sc5ccc(-c6ccccc6-c6ccccc6-c6ccccc6)cc5c34)n2)cc1. The van der Waals surface area contributed by atoms with Crippen molar-refractivity contribution in [2.24, 2.45) is 0 Å². The molecular formula is C51H31N3OS. The molecule has 0 atom stereocenters. The number of hydrogen-bond acceptors (Lipinski definition) is 5. The van der Waals surface area contributed by atoms with Crippen molar-refractivity contribution in [1.82, 2.24) is 15.0 Å². The molecule has 0 saturated carbocycles. The molecule has 0 aliphatic rings. The summed E-state index contributed by atoms with van der Waals surface area (Å²) < 4.78 is 8.87. The first-order valence-electron chi connectivity index (χ1n) is 18.7. The lowest BCUT2D eigenvalue weighted by Gasteiger charge is -2.15. The van der Waals surface area contributed by atoms with Crippen LogP contribution in [0.15, 0.2) is 192 Å². The first-order valence-corrected chi connectivity index (χ1v) is 19.5. The number of furan rings is 1. The van der Waals surface area contributed by atoms with Crippen LogP contribution in [0.25, 0.3) is 110 Å². The normalized spacial score (nSPS) is 11.6. The first kappa shape index (κ1) is 32.2. The second-order valence-corrected chi connectivity index (χ2v) is 15.0. The molecule has 8 aromatic carbocycles. The molecular weight excluding hydrogens is 703 g/mol. The zero-order valence-corrected chi connectivity index (χ0v) is 30.9. The molecule has 11 aromatic rings. The summed E-state index contributed by atoms with van der Waals surface area (Å²) in [5.41, 5.74) is 11.5. The third-order valence-corrected chi connectivity index (χ3v) is 11.7. The van der Waals surface area contributed by atoms with Crippen LogP contribution >= 0.6 is 11.3 Å². The quantitative estimate of drug-likeness (QED) is 0.171. The van der Waals surface area contributed by atoms with Gasteiger partial charge in [-0.2, -0.15) is 0 Å². The van der Waals surface area contributed by atoms with E-state index in [4.69, 9.17) is 19.4 Å². The van der Waals surface area contributed by atoms with Crippen molar-refractivity contribution in [1.29, 1.82) is 0 Å². The van der Waals surface area contributed by atoms with Gasteiger partial charge in [0.25, 0.3) is 0 Å². The van der Waals surface area contributed by atoms with E-state index in [1.807, 2.05) is 54.6 Å². The van der Waals surface area contributed by atoms with E-state index < -0.39 is 0 Å². The van der Waals surface area contributed by atoms with Crippen molar-refractivity contribution in [3.8, 4) is 67.5 Å². The molecule has 262 valence electrons. The van der Waals surface area contributed by atoms with Crippen LogP contribution in [0, 0.1) is 0 Å². The number of hydrogen-bond donors (Lipinski definition) is 0. The number of rotatable bonds is 6. The molecule has 0 unspecified atom stereocenters. The Kier molecular flexibility index (Phi) is 7.64. The molecule has 0 bridgehead atoms. The van der Waals surface area contributed by atoms with Gasteiger partial charge in [-0.15, -0.1) is 11.3 Å². The molecule has 5 heteroatoms. The van der Waals surface area contributed by atoms with Gasteiger partial charge in [0.1, 0.15) is 11.2 Å². The van der Waals surface area contributed by atoms with E-state index in [1.54, 1.807) is 11.3 Å². The van der Waals surface area contributed by atoms with E-state index in [0.717, 1.165) is 49.6 Å². The van der Waals surface area contributed by atoms with E-state index in [0.29, 0.717) is 17.5 Å². The maximum absolute atomic E-state index is 6.48. The number of para-hydroxylation sites is 2. The van der Waals surface area contributed by atoms with Crippen molar-refractivity contribution >= 4 is 53.4 Å². The summed E-state index contributed by atoms with van der Waals surface area (Å²) in [5.74, 6) is 1.80. The molecule has 0 fully saturated rings. The Morgan fingerprint density at radius 1 is 0.339 bits per heavy atom. The largest absolute Gasteiger partial charge is 0.455 e. The van der Waals surface area contributed by atoms with Crippen LogP contribution in [0.3, 0.4) is 0 Å². The predicted molar refractivity (Wildman–Crippen MR) is 233 cm³/mol. The number of aromatic nitrogens is 3. The lowest BCUT2D eigenvalue weighted by Crippen LogP contribution is -2.00. The number of benzene rings is 8. The summed E-state index contributed by atoms with van der Waals surface area (Å²) in [6, 6.07) is 65.8. The Morgan fingerprint density at radius 2 is 0.893 bits per heavy atom. The van der Waals surface area contributed by atoms with Gasteiger partial charge in [-0.25, -0.2) is 15.0 Å². The fourth-order valence-electron chi connectivity index (χ4n) is 7.99. The molecule has 11 rings (SSSR count). The van der Waals surface area contributed by atoms with Crippen LogP contribution in [0.1, 0.15) is 0 Å². The molecule has 0 aliphatic heterocycles. The lowest BCUT2D eigenvalue weighted by atomic mass is 9.89. The summed E-state index contributed by atoms with van der Waals surface area (Å²) in [7, 11) is 0. The molecule has 4 nitrogen and oxygen atoms in total. The minimum Gasteiger partial charge on any atom is -0.455 e. The minimum atomic E-state index is 0.571. The Labute approximate surface area is 327 Å². The van der Waals surface area contributed by atoms with Gasteiger partial charge in [0.2, 0.25) is 0 Å². The molecule has 0 spiro atoms. The van der Waals surface area contributed by atoms with Gasteiger partial charge in [-0.05, 0) is 63.7 Å². The van der Waals surface area contributed by atoms with Crippen molar-refractivity contribution < 1.29 is 4.42 Å². The monoisotopic (exact) mass is 733 g/mol. The average Bonchev–Trinajstić information content (AvgIpc) is 3.85. The Balaban J connectivity index is 1.11. The summed E-state index contributed by atoms with van der Waals surface area (Å²) in [6.45, 7) is 0. The Morgan fingerprint density at radius 3 is 1.66 bits per heavy atom. The summed E-state index contributed by atoms with van der Waals surface area (Å²) >= 11 is 1.79. The van der Waals surface area contributed by atoms with Gasteiger partial charge < -0.3 is 4.42 Å². The van der Waals surface area contributed by atoms with Crippen molar-refractivity contribution in [2.45, 2.75) is 0 Å². The van der Waals surface area contributed by atoms with Crippen LogP contribution in [-0.4, -0.2) is 15.0 Å². The van der Waals surface area contributed by atoms with Gasteiger partial charge >= 0.3 is 0 Å². The molecule has 0 N–H and O–H groups in total. The molecule has 3 aromatic heterocycles. The van der Waals surface area contributed by atoms with Gasteiger partial charge in [-0.3, -0.25) is 0 Å². The molecule has 0 amide bonds. The average molecular weight is 734 g/mol. The smallest absolute Gasteiger partial charge is 0.167 e. The van der Waals surface area contributed by atoms with Crippen LogP contribution in [0.4, 0.5) is 0 Å². The Hall–Kier alpha value is -7.21. The highest BCUT2D eigenvalue weighted by molar-refractivity contribution is 7.26. The zero-order chi connectivity index (χ0) is 37.0. The summed E-state index contributed by atoms with van der Waals surface area (Å²) in [4.78, 5) is 15.5. The zero-order valence-electron chi connectivity index (χ0n) is 30.1. The number of fused-ring (bicyclic) bond motifs is 6. The van der Waals surface area contributed by atoms with Gasteiger partial charge in [-0.1, -0.05) is 158 Å². The van der Waals surface area contributed by atoms with Crippen LogP contribution in [0.2, 0.25) is 0 Å². The fourth-order valence-corrected chi connectivity index (χ4v) is 9.11. The minimum absolute atomic E-state index is 0.571. The van der Waals surface area contributed by atoms with Gasteiger partial charge in [0.15, 0.2) is 17.5 Å². The lowest BCUT2D eigenvalue weighted by molar-refractivity contribution is 0.669. The third kappa shape index (κ3) is 5.40. The highest BCUT2D eigenvalue weighted by atomic mass is 32.1. The standard InChI is InChI=1S/C51H31N3OS/c1-3-15-32(16-4-1)35-19-7-9-21-37(35)38-22-10-8-20-36(38)34-29-30-45-43(31-34)47-41(25-14-28-46(47)56-45)50-52-49(33-17-5-2-6-18-33)53-51(54-50)42-26-13-24-40-39-23-11-12-27-44(39)55-48(40)42/h1-31H. The number of thiophene rings is 1. The van der Waals surface area contributed by atoms with Crippen LogP contribution in [0.5, 0.6) is 0 Å². The maximum Gasteiger partial charge on any atom is 0.167 e. The maximum atomic E-state index is 6.48. The third-order valence-electron chi connectivity index (χ3n) is 10.6.